The lowest BCUT2D eigenvalue weighted by Gasteiger charge is -2.08. The number of pyridine rings is 1. The lowest BCUT2D eigenvalue weighted by molar-refractivity contribution is 0.195. The molecule has 2 aromatic heterocycles. The molecule has 0 aliphatic carbocycles. The zero-order valence-electron chi connectivity index (χ0n) is 8.77. The van der Waals surface area contributed by atoms with Crippen LogP contribution in [0.2, 0.25) is 0 Å². The van der Waals surface area contributed by atoms with E-state index in [0.717, 1.165) is 17.0 Å². The largest absolute Gasteiger partial charge is 0.476 e. The molecule has 0 saturated carbocycles. The highest BCUT2D eigenvalue weighted by Crippen LogP contribution is 2.18. The van der Waals surface area contributed by atoms with Crippen LogP contribution in [0, 0.1) is 13.8 Å². The van der Waals surface area contributed by atoms with Crippen LogP contribution >= 0.6 is 0 Å². The summed E-state index contributed by atoms with van der Waals surface area (Å²) < 4.78 is 7.24. The lowest BCUT2D eigenvalue weighted by atomic mass is 10.3. The maximum atomic E-state index is 8.72. The summed E-state index contributed by atoms with van der Waals surface area (Å²) >= 11 is 0. The van der Waals surface area contributed by atoms with E-state index in [2.05, 4.69) is 10.2 Å². The van der Waals surface area contributed by atoms with Gasteiger partial charge in [-0.2, -0.15) is 0 Å². The Labute approximate surface area is 87.3 Å². The molecule has 0 spiro atoms. The summed E-state index contributed by atoms with van der Waals surface area (Å²) in [6.45, 7) is 4.10. The molecule has 0 radical (unpaired) electrons. The Morgan fingerprint density at radius 3 is 2.87 bits per heavy atom. The first-order valence-electron chi connectivity index (χ1n) is 4.78. The van der Waals surface area contributed by atoms with Crippen LogP contribution in [0.1, 0.15) is 11.4 Å². The minimum absolute atomic E-state index is 0.00336. The minimum Gasteiger partial charge on any atom is -0.476 e. The molecule has 2 aromatic rings. The Morgan fingerprint density at radius 1 is 1.33 bits per heavy atom. The average Bonchev–Trinajstić information content (AvgIpc) is 2.56. The molecule has 2 rings (SSSR count). The molecule has 0 amide bonds. The molecule has 1 N–H and O–H groups in total. The first kappa shape index (κ1) is 9.92. The number of aliphatic hydroxyl groups is 1. The molecule has 80 valence electrons. The van der Waals surface area contributed by atoms with Gasteiger partial charge >= 0.3 is 0 Å². The topological polar surface area (TPSA) is 59.7 Å². The van der Waals surface area contributed by atoms with Crippen LogP contribution in [0.3, 0.4) is 0 Å². The molecule has 0 atom stereocenters. The monoisotopic (exact) mass is 207 g/mol. The van der Waals surface area contributed by atoms with E-state index in [4.69, 9.17) is 9.84 Å². The van der Waals surface area contributed by atoms with Gasteiger partial charge < -0.3 is 9.84 Å². The molecule has 0 saturated heterocycles. The summed E-state index contributed by atoms with van der Waals surface area (Å²) in [6, 6.07) is 3.84. The molecular formula is C10H13N3O2. The van der Waals surface area contributed by atoms with Gasteiger partial charge in [-0.25, -0.2) is 4.40 Å². The fourth-order valence-electron chi connectivity index (χ4n) is 1.51. The van der Waals surface area contributed by atoms with Crippen LogP contribution in [-0.2, 0) is 0 Å². The second-order valence-electron chi connectivity index (χ2n) is 3.38. The fraction of sp³-hybridized carbons (Fsp3) is 0.400. The van der Waals surface area contributed by atoms with Crippen LogP contribution < -0.4 is 4.74 Å². The van der Waals surface area contributed by atoms with E-state index in [-0.39, 0.29) is 13.2 Å². The van der Waals surface area contributed by atoms with Crippen molar-refractivity contribution in [2.24, 2.45) is 0 Å². The number of hydrogen-bond acceptors (Lipinski definition) is 4. The zero-order valence-corrected chi connectivity index (χ0v) is 8.77. The standard InChI is InChI=1S/C10H13N3O2/c1-7-5-9-12-11-8(2)13(9)10(6-7)15-4-3-14/h5-6,14H,3-4H2,1-2H3. The lowest BCUT2D eigenvalue weighted by Crippen LogP contribution is -2.06. The molecule has 5 nitrogen and oxygen atoms in total. The highest BCUT2D eigenvalue weighted by Gasteiger charge is 2.07. The third kappa shape index (κ3) is 1.78. The number of aryl methyl sites for hydroxylation is 2. The number of ether oxygens (including phenoxy) is 1. The van der Waals surface area contributed by atoms with E-state index < -0.39 is 0 Å². The summed E-state index contributed by atoms with van der Waals surface area (Å²) in [7, 11) is 0. The smallest absolute Gasteiger partial charge is 0.201 e. The van der Waals surface area contributed by atoms with Crippen molar-refractivity contribution < 1.29 is 9.84 Å². The summed E-state index contributed by atoms with van der Waals surface area (Å²) in [6.07, 6.45) is 0. The summed E-state index contributed by atoms with van der Waals surface area (Å²) in [5, 5.41) is 16.7. The number of rotatable bonds is 3. The van der Waals surface area contributed by atoms with Gasteiger partial charge in [-0.1, -0.05) is 0 Å². The van der Waals surface area contributed by atoms with E-state index in [1.165, 1.54) is 0 Å². The average molecular weight is 207 g/mol. The number of aromatic nitrogens is 3. The first-order valence-corrected chi connectivity index (χ1v) is 4.78. The highest BCUT2D eigenvalue weighted by molar-refractivity contribution is 5.45. The van der Waals surface area contributed by atoms with Crippen LogP contribution in [0.4, 0.5) is 0 Å². The van der Waals surface area contributed by atoms with Crippen molar-refractivity contribution in [3.63, 3.8) is 0 Å². The maximum absolute atomic E-state index is 8.72. The Morgan fingerprint density at radius 2 is 2.13 bits per heavy atom. The van der Waals surface area contributed by atoms with Gasteiger partial charge in [-0.3, -0.25) is 0 Å². The van der Waals surface area contributed by atoms with Gasteiger partial charge in [-0.15, -0.1) is 10.2 Å². The summed E-state index contributed by atoms with van der Waals surface area (Å²) in [5.41, 5.74) is 1.82. The number of fused-ring (bicyclic) bond motifs is 1. The Hall–Kier alpha value is -1.62. The van der Waals surface area contributed by atoms with Gasteiger partial charge in [0.2, 0.25) is 5.88 Å². The Kier molecular flexibility index (Phi) is 2.55. The Bertz CT molecular complexity index is 479. The molecule has 0 fully saturated rings. The van der Waals surface area contributed by atoms with Gasteiger partial charge in [0.1, 0.15) is 12.4 Å². The van der Waals surface area contributed by atoms with Gasteiger partial charge in [0, 0.05) is 6.07 Å². The van der Waals surface area contributed by atoms with E-state index in [0.29, 0.717) is 5.88 Å². The van der Waals surface area contributed by atoms with Gasteiger partial charge in [0.15, 0.2) is 5.65 Å². The quantitative estimate of drug-likeness (QED) is 0.805. The van der Waals surface area contributed by atoms with Crippen molar-refractivity contribution in [2.45, 2.75) is 13.8 Å². The van der Waals surface area contributed by atoms with Gasteiger partial charge in [-0.05, 0) is 25.5 Å². The van der Waals surface area contributed by atoms with E-state index in [1.54, 1.807) is 0 Å². The molecule has 0 aromatic carbocycles. The maximum Gasteiger partial charge on any atom is 0.201 e. The van der Waals surface area contributed by atoms with Crippen molar-refractivity contribution in [1.82, 2.24) is 14.6 Å². The summed E-state index contributed by atoms with van der Waals surface area (Å²) in [4.78, 5) is 0. The van der Waals surface area contributed by atoms with Crippen LogP contribution in [0.25, 0.3) is 5.65 Å². The van der Waals surface area contributed by atoms with Crippen LogP contribution in [0.15, 0.2) is 12.1 Å². The van der Waals surface area contributed by atoms with E-state index in [1.807, 2.05) is 30.4 Å². The highest BCUT2D eigenvalue weighted by atomic mass is 16.5. The predicted molar refractivity (Wildman–Crippen MR) is 55.0 cm³/mol. The molecule has 0 aliphatic heterocycles. The third-order valence-electron chi connectivity index (χ3n) is 2.12. The number of hydrogen-bond donors (Lipinski definition) is 1. The number of nitrogens with zero attached hydrogens (tertiary/aromatic N) is 3. The normalized spacial score (nSPS) is 10.9. The van der Waals surface area contributed by atoms with Gasteiger partial charge in [0.25, 0.3) is 0 Å². The van der Waals surface area contributed by atoms with E-state index in [9.17, 15) is 0 Å². The Balaban J connectivity index is 2.53. The SMILES string of the molecule is Cc1cc(OCCO)n2c(C)nnc2c1. The molecule has 0 bridgehead atoms. The molecule has 15 heavy (non-hydrogen) atoms. The molecule has 0 unspecified atom stereocenters. The van der Waals surface area contributed by atoms with Crippen molar-refractivity contribution >= 4 is 5.65 Å². The first-order chi connectivity index (χ1) is 7.22. The minimum atomic E-state index is -0.00336. The van der Waals surface area contributed by atoms with Gasteiger partial charge in [0.05, 0.1) is 6.61 Å². The van der Waals surface area contributed by atoms with E-state index >= 15 is 0 Å². The van der Waals surface area contributed by atoms with Crippen molar-refractivity contribution in [3.05, 3.63) is 23.5 Å². The molecule has 0 aliphatic rings. The number of aliphatic hydroxyl groups excluding tert-OH is 1. The predicted octanol–water partition coefficient (Wildman–Crippen LogP) is 0.717. The van der Waals surface area contributed by atoms with Crippen LogP contribution in [0.5, 0.6) is 5.88 Å². The van der Waals surface area contributed by atoms with Crippen molar-refractivity contribution in [3.8, 4) is 5.88 Å². The second-order valence-corrected chi connectivity index (χ2v) is 3.38. The molecule has 2 heterocycles. The molecule has 5 heteroatoms. The summed E-state index contributed by atoms with van der Waals surface area (Å²) in [5.74, 6) is 1.44. The third-order valence-corrected chi connectivity index (χ3v) is 2.12. The van der Waals surface area contributed by atoms with Crippen LogP contribution in [-0.4, -0.2) is 32.9 Å². The second kappa shape index (κ2) is 3.86. The molecular weight excluding hydrogens is 194 g/mol. The van der Waals surface area contributed by atoms with Crippen molar-refractivity contribution in [2.75, 3.05) is 13.2 Å². The zero-order chi connectivity index (χ0) is 10.8. The fourth-order valence-corrected chi connectivity index (χ4v) is 1.51. The van der Waals surface area contributed by atoms with Crippen molar-refractivity contribution in [1.29, 1.82) is 0 Å².